The summed E-state index contributed by atoms with van der Waals surface area (Å²) in [5.74, 6) is 0. The largest absolute Gasteiger partial charge is 0.374 e. The van der Waals surface area contributed by atoms with Crippen LogP contribution in [0.15, 0.2) is 0 Å². The highest BCUT2D eigenvalue weighted by molar-refractivity contribution is 6.31. The maximum Gasteiger partial charge on any atom is 0.0847 e. The third-order valence-electron chi connectivity index (χ3n) is 4.77. The van der Waals surface area contributed by atoms with E-state index in [1.165, 1.54) is 19.3 Å². The third-order valence-corrected chi connectivity index (χ3v) is 5.27. The topological polar surface area (TPSA) is 39.1 Å². The summed E-state index contributed by atoms with van der Waals surface area (Å²) in [6.45, 7) is 4.81. The molecule has 1 atom stereocenters. The van der Waals surface area contributed by atoms with Gasteiger partial charge in [-0.05, 0) is 33.7 Å². The van der Waals surface area contributed by atoms with Crippen LogP contribution in [0.25, 0.3) is 0 Å². The first-order chi connectivity index (χ1) is 10.0. The molecule has 1 aliphatic rings. The van der Waals surface area contributed by atoms with Crippen LogP contribution in [-0.2, 0) is 18.2 Å². The van der Waals surface area contributed by atoms with Gasteiger partial charge in [0.05, 0.1) is 22.0 Å². The molecule has 1 aromatic heterocycles. The maximum atomic E-state index is 6.42. The van der Waals surface area contributed by atoms with Crippen LogP contribution in [0.1, 0.15) is 50.4 Å². The molecule has 0 saturated heterocycles. The lowest BCUT2D eigenvalue weighted by Gasteiger charge is -2.43. The van der Waals surface area contributed by atoms with Crippen LogP contribution in [0, 0.1) is 6.92 Å². The van der Waals surface area contributed by atoms with Crippen molar-refractivity contribution in [2.45, 2.75) is 64.0 Å². The van der Waals surface area contributed by atoms with E-state index in [9.17, 15) is 0 Å². The molecule has 0 amide bonds. The van der Waals surface area contributed by atoms with Gasteiger partial charge in [-0.15, -0.1) is 0 Å². The smallest absolute Gasteiger partial charge is 0.0847 e. The minimum absolute atomic E-state index is 0.0662. The van der Waals surface area contributed by atoms with Crippen LogP contribution in [0.5, 0.6) is 0 Å². The van der Waals surface area contributed by atoms with Gasteiger partial charge in [0.1, 0.15) is 0 Å². The molecule has 21 heavy (non-hydrogen) atoms. The molecular formula is C16H28ClN3O. The fourth-order valence-electron chi connectivity index (χ4n) is 3.68. The van der Waals surface area contributed by atoms with Gasteiger partial charge in [0.2, 0.25) is 0 Å². The Morgan fingerprint density at radius 3 is 2.52 bits per heavy atom. The van der Waals surface area contributed by atoms with Gasteiger partial charge in [-0.3, -0.25) is 4.68 Å². The van der Waals surface area contributed by atoms with Crippen molar-refractivity contribution >= 4 is 11.6 Å². The van der Waals surface area contributed by atoms with E-state index in [1.807, 2.05) is 25.7 Å². The molecule has 1 heterocycles. The van der Waals surface area contributed by atoms with E-state index in [4.69, 9.17) is 16.3 Å². The van der Waals surface area contributed by atoms with E-state index >= 15 is 0 Å². The number of ether oxygens (including phenoxy) is 1. The zero-order chi connectivity index (χ0) is 15.5. The highest BCUT2D eigenvalue weighted by Gasteiger charge is 2.40. The van der Waals surface area contributed by atoms with Gasteiger partial charge in [-0.1, -0.05) is 30.9 Å². The Hall–Kier alpha value is -0.580. The summed E-state index contributed by atoms with van der Waals surface area (Å²) in [6.07, 6.45) is 6.91. The van der Waals surface area contributed by atoms with Crippen molar-refractivity contribution in [3.63, 3.8) is 0 Å². The van der Waals surface area contributed by atoms with Gasteiger partial charge in [0.15, 0.2) is 0 Å². The Morgan fingerprint density at radius 1 is 1.38 bits per heavy atom. The van der Waals surface area contributed by atoms with E-state index < -0.39 is 0 Å². The minimum Gasteiger partial charge on any atom is -0.374 e. The maximum absolute atomic E-state index is 6.42. The standard InChI is InChI=1S/C16H28ClN3O/c1-5-21-16(9-7-6-8-10-16)14(18-3)11-13-15(17)12(2)19-20(13)4/h14,18H,5-11H2,1-4H3. The second-order valence-corrected chi connectivity index (χ2v) is 6.45. The Balaban J connectivity index is 2.24. The molecule has 0 spiro atoms. The van der Waals surface area contributed by atoms with Crippen molar-refractivity contribution in [1.29, 1.82) is 0 Å². The molecule has 1 fully saturated rings. The molecule has 5 heteroatoms. The van der Waals surface area contributed by atoms with E-state index in [0.717, 1.165) is 42.3 Å². The van der Waals surface area contributed by atoms with E-state index in [0.29, 0.717) is 0 Å². The molecule has 0 bridgehead atoms. The average molecular weight is 314 g/mol. The first kappa shape index (κ1) is 16.8. The summed E-state index contributed by atoms with van der Waals surface area (Å²) in [4.78, 5) is 0. The average Bonchev–Trinajstić information content (AvgIpc) is 2.71. The van der Waals surface area contributed by atoms with Crippen molar-refractivity contribution in [2.75, 3.05) is 13.7 Å². The second kappa shape index (κ2) is 7.12. The van der Waals surface area contributed by atoms with Crippen LogP contribution in [0.3, 0.4) is 0 Å². The van der Waals surface area contributed by atoms with Gasteiger partial charge in [-0.2, -0.15) is 5.10 Å². The molecule has 1 aromatic rings. The third kappa shape index (κ3) is 3.43. The molecule has 120 valence electrons. The van der Waals surface area contributed by atoms with E-state index in [2.05, 4.69) is 17.3 Å². The molecule has 4 nitrogen and oxygen atoms in total. The van der Waals surface area contributed by atoms with Crippen LogP contribution < -0.4 is 5.32 Å². The monoisotopic (exact) mass is 313 g/mol. The summed E-state index contributed by atoms with van der Waals surface area (Å²) in [7, 11) is 3.99. The predicted molar refractivity (Wildman–Crippen MR) is 86.9 cm³/mol. The van der Waals surface area contributed by atoms with Crippen molar-refractivity contribution in [3.05, 3.63) is 16.4 Å². The normalized spacial score (nSPS) is 19.7. The predicted octanol–water partition coefficient (Wildman–Crippen LogP) is 3.25. The number of likely N-dealkylation sites (N-methyl/N-ethyl adjacent to an activating group) is 1. The Morgan fingerprint density at radius 2 is 2.05 bits per heavy atom. The zero-order valence-electron chi connectivity index (χ0n) is 13.7. The SMILES string of the molecule is CCOC1(C(Cc2c(Cl)c(C)nn2C)NC)CCCCC1. The van der Waals surface area contributed by atoms with Gasteiger partial charge < -0.3 is 10.1 Å². The fourth-order valence-corrected chi connectivity index (χ4v) is 3.91. The number of hydrogen-bond donors (Lipinski definition) is 1. The summed E-state index contributed by atoms with van der Waals surface area (Å²) in [5, 5.41) is 8.70. The number of halogens is 1. The molecule has 0 radical (unpaired) electrons. The molecule has 1 saturated carbocycles. The number of nitrogens with one attached hydrogen (secondary N) is 1. The molecule has 2 rings (SSSR count). The van der Waals surface area contributed by atoms with Crippen molar-refractivity contribution < 1.29 is 4.74 Å². The second-order valence-electron chi connectivity index (χ2n) is 6.07. The molecule has 1 aliphatic carbocycles. The first-order valence-corrected chi connectivity index (χ1v) is 8.41. The van der Waals surface area contributed by atoms with Crippen molar-refractivity contribution in [3.8, 4) is 0 Å². The number of nitrogens with zero attached hydrogens (tertiary/aromatic N) is 2. The number of rotatable bonds is 6. The summed E-state index contributed by atoms with van der Waals surface area (Å²) in [6, 6.07) is 0.269. The van der Waals surface area contributed by atoms with Gasteiger partial charge in [-0.25, -0.2) is 0 Å². The van der Waals surface area contributed by atoms with E-state index in [-0.39, 0.29) is 11.6 Å². The van der Waals surface area contributed by atoms with Crippen LogP contribution >= 0.6 is 11.6 Å². The fraction of sp³-hybridized carbons (Fsp3) is 0.812. The number of aromatic nitrogens is 2. The highest BCUT2D eigenvalue weighted by atomic mass is 35.5. The first-order valence-electron chi connectivity index (χ1n) is 8.03. The quantitative estimate of drug-likeness (QED) is 0.876. The van der Waals surface area contributed by atoms with Crippen molar-refractivity contribution in [1.82, 2.24) is 15.1 Å². The summed E-state index contributed by atoms with van der Waals surface area (Å²) >= 11 is 6.42. The number of aryl methyl sites for hydroxylation is 2. The lowest BCUT2D eigenvalue weighted by molar-refractivity contribution is -0.0886. The molecule has 0 aromatic carbocycles. The number of hydrogen-bond acceptors (Lipinski definition) is 3. The lowest BCUT2D eigenvalue weighted by Crippen LogP contribution is -2.54. The molecule has 0 aliphatic heterocycles. The van der Waals surface area contributed by atoms with Crippen LogP contribution in [0.2, 0.25) is 5.02 Å². The van der Waals surface area contributed by atoms with Crippen LogP contribution in [-0.4, -0.2) is 35.1 Å². The summed E-state index contributed by atoms with van der Waals surface area (Å²) in [5.41, 5.74) is 1.93. The Labute approximate surface area is 133 Å². The Bertz CT molecular complexity index is 461. The van der Waals surface area contributed by atoms with E-state index in [1.54, 1.807) is 0 Å². The van der Waals surface area contributed by atoms with Gasteiger partial charge in [0, 0.05) is 26.1 Å². The summed E-state index contributed by atoms with van der Waals surface area (Å²) < 4.78 is 8.15. The van der Waals surface area contributed by atoms with Gasteiger partial charge >= 0.3 is 0 Å². The highest BCUT2D eigenvalue weighted by Crippen LogP contribution is 2.36. The van der Waals surface area contributed by atoms with Crippen LogP contribution in [0.4, 0.5) is 0 Å². The zero-order valence-corrected chi connectivity index (χ0v) is 14.5. The molecular weight excluding hydrogens is 286 g/mol. The van der Waals surface area contributed by atoms with Gasteiger partial charge in [0.25, 0.3) is 0 Å². The minimum atomic E-state index is -0.0662. The molecule has 1 N–H and O–H groups in total. The Kier molecular flexibility index (Phi) is 5.69. The lowest BCUT2D eigenvalue weighted by atomic mass is 9.77. The van der Waals surface area contributed by atoms with Crippen molar-refractivity contribution in [2.24, 2.45) is 7.05 Å². The molecule has 1 unspecified atom stereocenters.